The fraction of sp³-hybridized carbons (Fsp3) is 0.923. The van der Waals surface area contributed by atoms with Gasteiger partial charge in [-0.2, -0.15) is 0 Å². The van der Waals surface area contributed by atoms with E-state index in [1.54, 1.807) is 0 Å². The van der Waals surface area contributed by atoms with E-state index < -0.39 is 0 Å². The highest BCUT2D eigenvalue weighted by Crippen LogP contribution is 2.34. The first kappa shape index (κ1) is 13.8. The minimum Gasteiger partial charge on any atom is -0.356 e. The van der Waals surface area contributed by atoms with Crippen molar-refractivity contribution in [1.29, 1.82) is 0 Å². The monoisotopic (exact) mass is 242 g/mol. The Morgan fingerprint density at radius 2 is 1.75 bits per heavy atom. The molecule has 0 atom stereocenters. The van der Waals surface area contributed by atoms with Crippen LogP contribution in [-0.2, 0) is 0 Å². The average molecular weight is 242 g/mol. The van der Waals surface area contributed by atoms with Gasteiger partial charge >= 0.3 is 0 Å². The third-order valence-electron chi connectivity index (χ3n) is 2.94. The van der Waals surface area contributed by atoms with Crippen LogP contribution < -0.4 is 5.32 Å². The first-order valence-electron chi connectivity index (χ1n) is 6.03. The number of thiocarbonyl (C=S) groups is 1. The van der Waals surface area contributed by atoms with Crippen LogP contribution in [0.2, 0.25) is 0 Å². The van der Waals surface area contributed by atoms with Gasteiger partial charge in [0, 0.05) is 12.1 Å². The largest absolute Gasteiger partial charge is 0.356 e. The fourth-order valence-electron chi connectivity index (χ4n) is 2.75. The second kappa shape index (κ2) is 3.86. The first-order valence-corrected chi connectivity index (χ1v) is 6.44. The third-order valence-corrected chi connectivity index (χ3v) is 3.26. The molecule has 0 bridgehead atoms. The Kier molecular flexibility index (Phi) is 3.32. The minimum atomic E-state index is 0.103. The van der Waals surface area contributed by atoms with Crippen LogP contribution in [0.25, 0.3) is 0 Å². The molecule has 0 aliphatic carbocycles. The topological polar surface area (TPSA) is 15.3 Å². The van der Waals surface area contributed by atoms with Crippen molar-refractivity contribution in [3.63, 3.8) is 0 Å². The van der Waals surface area contributed by atoms with E-state index in [4.69, 9.17) is 12.2 Å². The molecule has 0 aromatic carbocycles. The Hall–Kier alpha value is -0.310. The van der Waals surface area contributed by atoms with Crippen molar-refractivity contribution in [2.24, 2.45) is 5.41 Å². The molecule has 0 unspecified atom stereocenters. The molecule has 2 nitrogen and oxygen atoms in total. The Labute approximate surface area is 106 Å². The molecule has 0 amide bonds. The standard InChI is InChI=1S/C13H26N2S/c1-11(2,3)8-13(6,7)15-9-12(4,5)14-10(15)16/h8-9H2,1-7H3,(H,14,16). The molecule has 0 saturated carbocycles. The van der Waals surface area contributed by atoms with Crippen LogP contribution in [-0.4, -0.2) is 27.6 Å². The van der Waals surface area contributed by atoms with Gasteiger partial charge in [-0.1, -0.05) is 20.8 Å². The van der Waals surface area contributed by atoms with E-state index in [0.717, 1.165) is 18.1 Å². The zero-order valence-corrected chi connectivity index (χ0v) is 12.6. The molecule has 1 saturated heterocycles. The van der Waals surface area contributed by atoms with Gasteiger partial charge in [0.05, 0.1) is 5.54 Å². The van der Waals surface area contributed by atoms with Gasteiger partial charge in [-0.25, -0.2) is 0 Å². The molecule has 3 heteroatoms. The zero-order chi connectivity index (χ0) is 12.8. The van der Waals surface area contributed by atoms with Crippen LogP contribution in [0.1, 0.15) is 54.9 Å². The van der Waals surface area contributed by atoms with Gasteiger partial charge in [0.25, 0.3) is 0 Å². The van der Waals surface area contributed by atoms with Gasteiger partial charge in [0.2, 0.25) is 0 Å². The second-order valence-electron chi connectivity index (χ2n) is 7.45. The lowest BCUT2D eigenvalue weighted by molar-refractivity contribution is 0.146. The third kappa shape index (κ3) is 3.34. The van der Waals surface area contributed by atoms with Crippen molar-refractivity contribution >= 4 is 17.3 Å². The maximum Gasteiger partial charge on any atom is 0.169 e. The van der Waals surface area contributed by atoms with E-state index in [0.29, 0.717) is 5.41 Å². The van der Waals surface area contributed by atoms with Crippen molar-refractivity contribution < 1.29 is 0 Å². The lowest BCUT2D eigenvalue weighted by atomic mass is 9.81. The lowest BCUT2D eigenvalue weighted by Gasteiger charge is -2.41. The molecule has 0 spiro atoms. The zero-order valence-electron chi connectivity index (χ0n) is 11.8. The highest BCUT2D eigenvalue weighted by Gasteiger charge is 2.41. The van der Waals surface area contributed by atoms with E-state index in [9.17, 15) is 0 Å². The summed E-state index contributed by atoms with van der Waals surface area (Å²) in [7, 11) is 0. The number of hydrogen-bond acceptors (Lipinski definition) is 1. The van der Waals surface area contributed by atoms with E-state index >= 15 is 0 Å². The Morgan fingerprint density at radius 1 is 1.25 bits per heavy atom. The van der Waals surface area contributed by atoms with E-state index in [-0.39, 0.29) is 11.1 Å². The van der Waals surface area contributed by atoms with Gasteiger partial charge in [0.1, 0.15) is 0 Å². The second-order valence-corrected chi connectivity index (χ2v) is 7.84. The van der Waals surface area contributed by atoms with Crippen molar-refractivity contribution in [2.75, 3.05) is 6.54 Å². The molecular formula is C13H26N2S. The molecule has 16 heavy (non-hydrogen) atoms. The minimum absolute atomic E-state index is 0.103. The van der Waals surface area contributed by atoms with Crippen LogP contribution >= 0.6 is 12.2 Å². The molecule has 1 rings (SSSR count). The van der Waals surface area contributed by atoms with Gasteiger partial charge < -0.3 is 10.2 Å². The van der Waals surface area contributed by atoms with E-state index in [1.165, 1.54) is 0 Å². The van der Waals surface area contributed by atoms with Crippen LogP contribution in [0.4, 0.5) is 0 Å². The van der Waals surface area contributed by atoms with Crippen LogP contribution in [0.5, 0.6) is 0 Å². The molecule has 0 radical (unpaired) electrons. The molecule has 94 valence electrons. The van der Waals surface area contributed by atoms with E-state index in [2.05, 4.69) is 58.7 Å². The highest BCUT2D eigenvalue weighted by molar-refractivity contribution is 7.80. The van der Waals surface area contributed by atoms with Crippen molar-refractivity contribution in [3.05, 3.63) is 0 Å². The van der Waals surface area contributed by atoms with E-state index in [1.807, 2.05) is 0 Å². The SMILES string of the molecule is CC(C)(C)CC(C)(C)N1CC(C)(C)NC1=S. The number of rotatable bonds is 2. The summed E-state index contributed by atoms with van der Waals surface area (Å²) in [6, 6.07) is 0. The first-order chi connectivity index (χ1) is 6.93. The normalized spacial score (nSPS) is 21.2. The summed E-state index contributed by atoms with van der Waals surface area (Å²) in [6.45, 7) is 16.8. The molecular weight excluding hydrogens is 216 g/mol. The molecule has 1 aliphatic heterocycles. The fourth-order valence-corrected chi connectivity index (χ4v) is 3.33. The summed E-state index contributed by atoms with van der Waals surface area (Å²) in [5, 5.41) is 4.29. The quantitative estimate of drug-likeness (QED) is 0.749. The summed E-state index contributed by atoms with van der Waals surface area (Å²) in [5.41, 5.74) is 0.550. The maximum atomic E-state index is 5.44. The molecule has 0 aromatic heterocycles. The number of nitrogens with zero attached hydrogens (tertiary/aromatic N) is 1. The van der Waals surface area contributed by atoms with Crippen LogP contribution in [0.15, 0.2) is 0 Å². The van der Waals surface area contributed by atoms with Gasteiger partial charge in [-0.15, -0.1) is 0 Å². The summed E-state index contributed by atoms with van der Waals surface area (Å²) < 4.78 is 0. The molecule has 1 fully saturated rings. The van der Waals surface area contributed by atoms with Crippen molar-refractivity contribution in [3.8, 4) is 0 Å². The summed E-state index contributed by atoms with van der Waals surface area (Å²) >= 11 is 5.44. The maximum absolute atomic E-state index is 5.44. The molecule has 1 aliphatic rings. The summed E-state index contributed by atoms with van der Waals surface area (Å²) in [4.78, 5) is 2.34. The lowest BCUT2D eigenvalue weighted by Crippen LogP contribution is -2.47. The average Bonchev–Trinajstić information content (AvgIpc) is 2.19. The Morgan fingerprint density at radius 3 is 2.06 bits per heavy atom. The molecule has 1 N–H and O–H groups in total. The van der Waals surface area contributed by atoms with Gasteiger partial charge in [-0.3, -0.25) is 0 Å². The number of hydrogen-bond donors (Lipinski definition) is 1. The van der Waals surface area contributed by atoms with Crippen LogP contribution in [0.3, 0.4) is 0 Å². The summed E-state index contributed by atoms with van der Waals surface area (Å²) in [5.74, 6) is 0. The highest BCUT2D eigenvalue weighted by atomic mass is 32.1. The predicted molar refractivity (Wildman–Crippen MR) is 74.7 cm³/mol. The number of nitrogens with one attached hydrogen (secondary N) is 1. The van der Waals surface area contributed by atoms with Crippen molar-refractivity contribution in [1.82, 2.24) is 10.2 Å². The molecule has 1 heterocycles. The Balaban J connectivity index is 2.81. The summed E-state index contributed by atoms with van der Waals surface area (Å²) in [6.07, 6.45) is 1.14. The van der Waals surface area contributed by atoms with Gasteiger partial charge in [-0.05, 0) is 51.7 Å². The Bertz CT molecular complexity index is 287. The predicted octanol–water partition coefficient (Wildman–Crippen LogP) is 3.17. The van der Waals surface area contributed by atoms with Crippen LogP contribution in [0, 0.1) is 5.41 Å². The smallest absolute Gasteiger partial charge is 0.169 e. The molecule has 0 aromatic rings. The van der Waals surface area contributed by atoms with Crippen molar-refractivity contribution in [2.45, 2.75) is 66.0 Å². The van der Waals surface area contributed by atoms with Gasteiger partial charge in [0.15, 0.2) is 5.11 Å².